The first-order valence-corrected chi connectivity index (χ1v) is 19.0. The van der Waals surface area contributed by atoms with Crippen LogP contribution in [0.25, 0.3) is 0 Å². The molecule has 10 nitrogen and oxygen atoms in total. The molecule has 4 atom stereocenters. The Balaban J connectivity index is 5.63. The van der Waals surface area contributed by atoms with E-state index >= 15 is 0 Å². The van der Waals surface area contributed by atoms with E-state index < -0.39 is 12.3 Å². The van der Waals surface area contributed by atoms with Crippen molar-refractivity contribution in [2.45, 2.75) is 164 Å². The fraction of sp³-hybridized carbons (Fsp3) is 0.895. The highest BCUT2D eigenvalue weighted by molar-refractivity contribution is 5.82. The van der Waals surface area contributed by atoms with Crippen LogP contribution >= 0.6 is 0 Å². The summed E-state index contributed by atoms with van der Waals surface area (Å²) in [6.07, 6.45) is 11.7. The molecule has 0 N–H and O–H groups in total. The molecule has 0 saturated carbocycles. The third-order valence-corrected chi connectivity index (χ3v) is 8.22. The number of Topliss-reactive ketones (excluding diaryl/α,β-unsaturated/α-hetero) is 2. The van der Waals surface area contributed by atoms with Gasteiger partial charge in [0.25, 0.3) is 0 Å². The van der Waals surface area contributed by atoms with Crippen molar-refractivity contribution >= 4 is 23.5 Å². The Hall–Kier alpha value is -1.88. The van der Waals surface area contributed by atoms with Gasteiger partial charge >= 0.3 is 11.9 Å². The van der Waals surface area contributed by atoms with Gasteiger partial charge in [0.1, 0.15) is 11.6 Å². The minimum atomic E-state index is -0.698. The quantitative estimate of drug-likeness (QED) is 0.0402. The zero-order valence-electron chi connectivity index (χ0n) is 32.0. The molecule has 0 heterocycles. The first-order valence-electron chi connectivity index (χ1n) is 19.0. The lowest BCUT2D eigenvalue weighted by Gasteiger charge is -2.27. The molecule has 0 saturated heterocycles. The van der Waals surface area contributed by atoms with Crippen molar-refractivity contribution < 1.29 is 38.1 Å². The number of nitrogens with zero attached hydrogens (tertiary/aromatic N) is 2. The summed E-state index contributed by atoms with van der Waals surface area (Å²) < 4.78 is 22.5. The summed E-state index contributed by atoms with van der Waals surface area (Å²) in [5.41, 5.74) is 0. The smallest absolute Gasteiger partial charge is 0.322 e. The van der Waals surface area contributed by atoms with E-state index in [1.165, 1.54) is 0 Å². The highest BCUT2D eigenvalue weighted by Crippen LogP contribution is 2.14. The van der Waals surface area contributed by atoms with Gasteiger partial charge in [-0.1, -0.05) is 86.0 Å². The molecule has 0 aliphatic rings. The molecule has 0 spiro atoms. The maximum Gasteiger partial charge on any atom is 0.322 e. The molecule has 0 aliphatic carbocycles. The van der Waals surface area contributed by atoms with Crippen LogP contribution in [0.1, 0.15) is 145 Å². The predicted octanol–water partition coefficient (Wildman–Crippen LogP) is 7.15. The topological polar surface area (TPSA) is 112 Å². The lowest BCUT2D eigenvalue weighted by molar-refractivity contribution is -0.176. The van der Waals surface area contributed by atoms with Gasteiger partial charge in [-0.05, 0) is 52.4 Å². The Morgan fingerprint density at radius 1 is 0.521 bits per heavy atom. The van der Waals surface area contributed by atoms with Crippen molar-refractivity contribution in [3.8, 4) is 0 Å². The molecule has 48 heavy (non-hydrogen) atoms. The average molecular weight is 685 g/mol. The number of unbranched alkanes of at least 4 members (excludes halogenated alkanes) is 6. The monoisotopic (exact) mass is 685 g/mol. The van der Waals surface area contributed by atoms with Crippen molar-refractivity contribution in [3.05, 3.63) is 0 Å². The summed E-state index contributed by atoms with van der Waals surface area (Å²) in [5.74, 6) is -0.587. The second-order valence-corrected chi connectivity index (χ2v) is 13.6. The van der Waals surface area contributed by atoms with E-state index in [1.54, 1.807) is 16.7 Å². The summed E-state index contributed by atoms with van der Waals surface area (Å²) in [6, 6.07) is 0. The molecule has 0 bridgehead atoms. The highest BCUT2D eigenvalue weighted by atomic mass is 16.7. The van der Waals surface area contributed by atoms with E-state index in [0.29, 0.717) is 26.2 Å². The Labute approximate surface area is 293 Å². The first-order chi connectivity index (χ1) is 22.9. The normalized spacial score (nSPS) is 14.1. The van der Waals surface area contributed by atoms with Gasteiger partial charge in [0.15, 0.2) is 6.29 Å². The summed E-state index contributed by atoms with van der Waals surface area (Å²) in [4.78, 5) is 55.7. The molecular formula is C38H72N2O8. The van der Waals surface area contributed by atoms with Crippen LogP contribution in [0.5, 0.6) is 0 Å². The molecular weight excluding hydrogens is 612 g/mol. The minimum Gasteiger partial charge on any atom is -0.462 e. The Bertz CT molecular complexity index is 723. The highest BCUT2D eigenvalue weighted by Gasteiger charge is 2.23. The van der Waals surface area contributed by atoms with Crippen LogP contribution in [-0.4, -0.2) is 104 Å². The second kappa shape index (κ2) is 30.0. The molecule has 0 aromatic heterocycles. The van der Waals surface area contributed by atoms with Crippen LogP contribution < -0.4 is 0 Å². The van der Waals surface area contributed by atoms with Crippen molar-refractivity contribution in [1.82, 2.24) is 9.80 Å². The maximum atomic E-state index is 13.2. The number of ether oxygens (including phenoxy) is 4. The van der Waals surface area contributed by atoms with E-state index in [9.17, 15) is 19.2 Å². The molecule has 0 aromatic rings. The van der Waals surface area contributed by atoms with Gasteiger partial charge in [0.05, 0.1) is 45.0 Å². The van der Waals surface area contributed by atoms with Crippen molar-refractivity contribution in [2.24, 2.45) is 5.92 Å². The van der Waals surface area contributed by atoms with Crippen LogP contribution in [0.2, 0.25) is 0 Å². The van der Waals surface area contributed by atoms with E-state index in [1.807, 2.05) is 13.8 Å². The standard InChI is InChI=1S/C38H72N2O8/c1-9-13-17-19-31(5)25-35(41)27-39(29-37(43)47-32(6)20-18-14-10-2)21-22-40(28-36(42)26-33(7)45-23-15-11-3)30-38(44)48-34(8)46-24-16-12-4/h31-34H,9-30H2,1-8H3. The van der Waals surface area contributed by atoms with Crippen LogP contribution in [0, 0.1) is 5.92 Å². The van der Waals surface area contributed by atoms with Gasteiger partial charge in [0, 0.05) is 32.5 Å². The summed E-state index contributed by atoms with van der Waals surface area (Å²) >= 11 is 0. The average Bonchev–Trinajstić information content (AvgIpc) is 3.00. The third-order valence-electron chi connectivity index (χ3n) is 8.22. The fourth-order valence-corrected chi connectivity index (χ4v) is 5.40. The van der Waals surface area contributed by atoms with Crippen molar-refractivity contribution in [2.75, 3.05) is 52.5 Å². The zero-order valence-corrected chi connectivity index (χ0v) is 32.0. The number of ketones is 2. The van der Waals surface area contributed by atoms with E-state index in [4.69, 9.17) is 18.9 Å². The van der Waals surface area contributed by atoms with Crippen molar-refractivity contribution in [3.63, 3.8) is 0 Å². The lowest BCUT2D eigenvalue weighted by atomic mass is 9.97. The fourth-order valence-electron chi connectivity index (χ4n) is 5.40. The summed E-state index contributed by atoms with van der Waals surface area (Å²) in [7, 11) is 0. The molecule has 0 rings (SSSR count). The van der Waals surface area contributed by atoms with Gasteiger partial charge in [-0.25, -0.2) is 0 Å². The number of hydrogen-bond donors (Lipinski definition) is 0. The Morgan fingerprint density at radius 3 is 1.54 bits per heavy atom. The van der Waals surface area contributed by atoms with Crippen LogP contribution in [0.3, 0.4) is 0 Å². The zero-order chi connectivity index (χ0) is 36.2. The largest absolute Gasteiger partial charge is 0.462 e. The lowest BCUT2D eigenvalue weighted by Crippen LogP contribution is -2.44. The number of carbonyl (C=O) groups is 4. The van der Waals surface area contributed by atoms with Crippen LogP contribution in [0.4, 0.5) is 0 Å². The van der Waals surface area contributed by atoms with Gasteiger partial charge in [-0.3, -0.25) is 29.0 Å². The Kier molecular flexibility index (Phi) is 28.8. The molecule has 0 aromatic carbocycles. The van der Waals surface area contributed by atoms with E-state index in [-0.39, 0.29) is 74.8 Å². The SMILES string of the molecule is CCCCCC(C)CC(=O)CN(CCN(CC(=O)CC(C)OCCCC)CC(=O)OC(C)OCCCC)CC(=O)OC(C)CCCCC. The predicted molar refractivity (Wildman–Crippen MR) is 192 cm³/mol. The molecule has 10 heteroatoms. The first kappa shape index (κ1) is 46.1. The molecule has 282 valence electrons. The summed E-state index contributed by atoms with van der Waals surface area (Å²) in [5, 5.41) is 0. The van der Waals surface area contributed by atoms with Crippen molar-refractivity contribution in [1.29, 1.82) is 0 Å². The Morgan fingerprint density at radius 2 is 1.00 bits per heavy atom. The number of rotatable bonds is 33. The molecule has 0 amide bonds. The maximum absolute atomic E-state index is 13.2. The second-order valence-electron chi connectivity index (χ2n) is 13.6. The molecule has 0 radical (unpaired) electrons. The number of carbonyl (C=O) groups excluding carboxylic acids is 4. The van der Waals surface area contributed by atoms with Crippen LogP contribution in [0.15, 0.2) is 0 Å². The number of hydrogen-bond acceptors (Lipinski definition) is 10. The van der Waals surface area contributed by atoms with Gasteiger partial charge in [-0.2, -0.15) is 0 Å². The molecule has 4 unspecified atom stereocenters. The van der Waals surface area contributed by atoms with E-state index in [2.05, 4.69) is 34.6 Å². The minimum absolute atomic E-state index is 0.0246. The van der Waals surface area contributed by atoms with Gasteiger partial charge in [0.2, 0.25) is 0 Å². The molecule has 0 aliphatic heterocycles. The van der Waals surface area contributed by atoms with Crippen LogP contribution in [-0.2, 0) is 38.1 Å². The molecule has 0 fully saturated rings. The van der Waals surface area contributed by atoms with Gasteiger partial charge < -0.3 is 18.9 Å². The van der Waals surface area contributed by atoms with E-state index in [0.717, 1.165) is 77.0 Å². The van der Waals surface area contributed by atoms with Gasteiger partial charge in [-0.15, -0.1) is 0 Å². The third kappa shape index (κ3) is 27.0. The summed E-state index contributed by atoms with van der Waals surface area (Å²) in [6.45, 7) is 17.7. The number of esters is 2.